The summed E-state index contributed by atoms with van der Waals surface area (Å²) in [5, 5.41) is 5.77. The van der Waals surface area contributed by atoms with Gasteiger partial charge < -0.3 is 15.0 Å². The maximum Gasteiger partial charge on any atom is 0.317 e. The summed E-state index contributed by atoms with van der Waals surface area (Å²) in [5.74, 6) is 0.463. The van der Waals surface area contributed by atoms with Crippen LogP contribution in [0.4, 0.5) is 4.79 Å². The number of urea groups is 1. The largest absolute Gasteiger partial charge is 0.367 e. The second kappa shape index (κ2) is 7.33. The molecule has 2 amide bonds. The summed E-state index contributed by atoms with van der Waals surface area (Å²) in [6.45, 7) is 5.38. The average Bonchev–Trinajstić information content (AvgIpc) is 2.84. The fourth-order valence-electron chi connectivity index (χ4n) is 2.20. The third-order valence-corrected chi connectivity index (χ3v) is 5.14. The van der Waals surface area contributed by atoms with Crippen LogP contribution >= 0.6 is 11.3 Å². The number of hydrogen-bond acceptors (Lipinski definition) is 5. The Labute approximate surface area is 131 Å². The van der Waals surface area contributed by atoms with Crippen LogP contribution in [0, 0.1) is 6.92 Å². The molecule has 1 aliphatic rings. The molecule has 118 valence electrons. The van der Waals surface area contributed by atoms with Crippen molar-refractivity contribution in [1.82, 2.24) is 15.2 Å². The highest BCUT2D eigenvalue weighted by molar-refractivity contribution is 7.84. The van der Waals surface area contributed by atoms with E-state index in [9.17, 15) is 9.00 Å². The molecule has 0 aliphatic carbocycles. The van der Waals surface area contributed by atoms with Crippen LogP contribution in [0.3, 0.4) is 0 Å². The van der Waals surface area contributed by atoms with Crippen LogP contribution in [-0.4, -0.2) is 57.9 Å². The zero-order chi connectivity index (χ0) is 15.4. The molecule has 0 aromatic carbocycles. The molecule has 1 N–H and O–H groups in total. The van der Waals surface area contributed by atoms with Gasteiger partial charge in [-0.15, -0.1) is 11.3 Å². The molecule has 1 saturated heterocycles. The molecular weight excluding hydrogens is 310 g/mol. The fraction of sp³-hybridized carbons (Fsp3) is 0.692. The van der Waals surface area contributed by atoms with Crippen LogP contribution in [0.25, 0.3) is 0 Å². The standard InChI is InChI=1S/C13H21N3O3S2/c1-9-7-20-12(14-9)11-6-16(4-5-19-11)13(17)15-10(2)8-21(3)18/h7,10-11H,4-6,8H2,1-3H3,(H,15,17)/t10-,11-,21-/m0/s1. The van der Waals surface area contributed by atoms with Gasteiger partial charge in [-0.3, -0.25) is 4.21 Å². The number of aryl methyl sites for hydroxylation is 1. The van der Waals surface area contributed by atoms with E-state index < -0.39 is 10.8 Å². The van der Waals surface area contributed by atoms with E-state index in [1.54, 1.807) is 22.5 Å². The molecule has 21 heavy (non-hydrogen) atoms. The number of thiazole rings is 1. The number of rotatable bonds is 4. The van der Waals surface area contributed by atoms with Gasteiger partial charge in [-0.25, -0.2) is 9.78 Å². The first-order valence-electron chi connectivity index (χ1n) is 6.85. The predicted octanol–water partition coefficient (Wildman–Crippen LogP) is 1.30. The number of amides is 2. The second-order valence-corrected chi connectivity index (χ2v) is 7.59. The molecule has 1 aromatic rings. The van der Waals surface area contributed by atoms with Gasteiger partial charge in [0.15, 0.2) is 0 Å². The van der Waals surface area contributed by atoms with E-state index in [4.69, 9.17) is 4.74 Å². The normalized spacial score (nSPS) is 21.9. The molecule has 8 heteroatoms. The highest BCUT2D eigenvalue weighted by Gasteiger charge is 2.27. The SMILES string of the molecule is Cc1csc([C@@H]2CN(C(=O)N[C@@H](C)C[S@](C)=O)CCO2)n1. The van der Waals surface area contributed by atoms with Crippen molar-refractivity contribution in [3.05, 3.63) is 16.1 Å². The van der Waals surface area contributed by atoms with E-state index >= 15 is 0 Å². The van der Waals surface area contributed by atoms with Crippen molar-refractivity contribution < 1.29 is 13.7 Å². The Bertz CT molecular complexity index is 521. The lowest BCUT2D eigenvalue weighted by Gasteiger charge is -2.32. The Morgan fingerprint density at radius 3 is 3.10 bits per heavy atom. The summed E-state index contributed by atoms with van der Waals surface area (Å²) in [6, 6.07) is -0.235. The van der Waals surface area contributed by atoms with Crippen molar-refractivity contribution in [2.45, 2.75) is 26.0 Å². The van der Waals surface area contributed by atoms with Gasteiger partial charge in [-0.1, -0.05) is 0 Å². The Morgan fingerprint density at radius 2 is 2.48 bits per heavy atom. The topological polar surface area (TPSA) is 71.5 Å². The molecular formula is C13H21N3O3S2. The molecule has 1 aromatic heterocycles. The summed E-state index contributed by atoms with van der Waals surface area (Å²) in [6.07, 6.45) is 1.48. The Balaban J connectivity index is 1.91. The molecule has 2 rings (SSSR count). The smallest absolute Gasteiger partial charge is 0.317 e. The monoisotopic (exact) mass is 331 g/mol. The average molecular weight is 331 g/mol. The lowest BCUT2D eigenvalue weighted by molar-refractivity contribution is -0.0157. The summed E-state index contributed by atoms with van der Waals surface area (Å²) in [5.41, 5.74) is 0.972. The van der Waals surface area contributed by atoms with Gasteiger partial charge >= 0.3 is 6.03 Å². The van der Waals surface area contributed by atoms with E-state index in [1.807, 2.05) is 19.2 Å². The molecule has 1 fully saturated rings. The molecule has 0 saturated carbocycles. The zero-order valence-corrected chi connectivity index (χ0v) is 14.1. The highest BCUT2D eigenvalue weighted by Crippen LogP contribution is 2.25. The number of carbonyl (C=O) groups excluding carboxylic acids is 1. The van der Waals surface area contributed by atoms with Crippen molar-refractivity contribution >= 4 is 28.2 Å². The van der Waals surface area contributed by atoms with Gasteiger partial charge in [0.1, 0.15) is 11.1 Å². The third-order valence-electron chi connectivity index (χ3n) is 3.12. The van der Waals surface area contributed by atoms with Gasteiger partial charge in [-0.2, -0.15) is 0 Å². The quantitative estimate of drug-likeness (QED) is 0.903. The summed E-state index contributed by atoms with van der Waals surface area (Å²) >= 11 is 1.56. The number of carbonyl (C=O) groups is 1. The Kier molecular flexibility index (Phi) is 5.72. The number of nitrogens with one attached hydrogen (secondary N) is 1. The molecule has 2 heterocycles. The van der Waals surface area contributed by atoms with E-state index in [0.717, 1.165) is 10.7 Å². The number of aromatic nitrogens is 1. The van der Waals surface area contributed by atoms with E-state index in [2.05, 4.69) is 10.3 Å². The predicted molar refractivity (Wildman–Crippen MR) is 84.0 cm³/mol. The van der Waals surface area contributed by atoms with Gasteiger partial charge in [0.05, 0.1) is 13.2 Å². The molecule has 0 unspecified atom stereocenters. The molecule has 0 radical (unpaired) electrons. The Hall–Kier alpha value is -0.990. The highest BCUT2D eigenvalue weighted by atomic mass is 32.2. The first-order chi connectivity index (χ1) is 9.95. The lowest BCUT2D eigenvalue weighted by atomic mass is 10.3. The molecule has 0 bridgehead atoms. The number of ether oxygens (including phenoxy) is 1. The number of morpholine rings is 1. The van der Waals surface area contributed by atoms with E-state index in [-0.39, 0.29) is 18.2 Å². The first-order valence-corrected chi connectivity index (χ1v) is 9.45. The summed E-state index contributed by atoms with van der Waals surface area (Å²) < 4.78 is 16.9. The minimum Gasteiger partial charge on any atom is -0.367 e. The van der Waals surface area contributed by atoms with Crippen molar-refractivity contribution in [2.75, 3.05) is 31.7 Å². The number of nitrogens with zero attached hydrogens (tertiary/aromatic N) is 2. The molecule has 1 aliphatic heterocycles. The van der Waals surface area contributed by atoms with E-state index in [0.29, 0.717) is 25.4 Å². The summed E-state index contributed by atoms with van der Waals surface area (Å²) in [4.78, 5) is 18.4. The van der Waals surface area contributed by atoms with Crippen molar-refractivity contribution in [1.29, 1.82) is 0 Å². The van der Waals surface area contributed by atoms with Gasteiger partial charge in [-0.05, 0) is 13.8 Å². The zero-order valence-electron chi connectivity index (χ0n) is 12.5. The van der Waals surface area contributed by atoms with E-state index in [1.165, 1.54) is 0 Å². The lowest BCUT2D eigenvalue weighted by Crippen LogP contribution is -2.50. The maximum atomic E-state index is 12.2. The van der Waals surface area contributed by atoms with Crippen LogP contribution < -0.4 is 5.32 Å². The second-order valence-electron chi connectivity index (χ2n) is 5.22. The van der Waals surface area contributed by atoms with Crippen LogP contribution in [0.15, 0.2) is 5.38 Å². The third kappa shape index (κ3) is 4.76. The molecule has 3 atom stereocenters. The van der Waals surface area contributed by atoms with Crippen LogP contribution in [-0.2, 0) is 15.5 Å². The fourth-order valence-corrected chi connectivity index (χ4v) is 3.82. The van der Waals surface area contributed by atoms with Crippen LogP contribution in [0.1, 0.15) is 23.7 Å². The minimum absolute atomic E-state index is 0.105. The van der Waals surface area contributed by atoms with Crippen molar-refractivity contribution in [3.63, 3.8) is 0 Å². The maximum absolute atomic E-state index is 12.2. The van der Waals surface area contributed by atoms with Gasteiger partial charge in [0.25, 0.3) is 0 Å². The van der Waals surface area contributed by atoms with Crippen LogP contribution in [0.2, 0.25) is 0 Å². The van der Waals surface area contributed by atoms with Crippen molar-refractivity contribution in [2.24, 2.45) is 0 Å². The molecule has 0 spiro atoms. The van der Waals surface area contributed by atoms with Gasteiger partial charge in [0, 0.05) is 46.5 Å². The summed E-state index contributed by atoms with van der Waals surface area (Å²) in [7, 11) is -0.917. The van der Waals surface area contributed by atoms with Gasteiger partial charge in [0.2, 0.25) is 0 Å². The first kappa shape index (κ1) is 16.4. The minimum atomic E-state index is -0.917. The number of hydrogen-bond donors (Lipinski definition) is 1. The van der Waals surface area contributed by atoms with Crippen molar-refractivity contribution in [3.8, 4) is 0 Å². The Morgan fingerprint density at radius 1 is 1.71 bits per heavy atom. The molecule has 6 nitrogen and oxygen atoms in total. The van der Waals surface area contributed by atoms with Crippen LogP contribution in [0.5, 0.6) is 0 Å².